The Hall–Kier alpha value is -7.61. The average Bonchev–Trinajstić information content (AvgIpc) is 1.53. The molecule has 6 atom stereocenters. The first kappa shape index (κ1) is 86.7. The van der Waals surface area contributed by atoms with Crippen LogP contribution >= 0.6 is 34.7 Å². The second-order valence-electron chi connectivity index (χ2n) is 32.6. The summed E-state index contributed by atoms with van der Waals surface area (Å²) in [5.74, 6) is -1.12. The summed E-state index contributed by atoms with van der Waals surface area (Å²) >= 11 is 9.47. The topological polar surface area (TPSA) is 241 Å². The number of hydrogen-bond acceptors (Lipinski definition) is 20. The molecule has 29 heteroatoms. The van der Waals surface area contributed by atoms with Crippen LogP contribution in [0.5, 0.6) is 0 Å². The minimum absolute atomic E-state index is 0.0191. The summed E-state index contributed by atoms with van der Waals surface area (Å²) in [5, 5.41) is 24.8. The van der Waals surface area contributed by atoms with E-state index in [-0.39, 0.29) is 41.8 Å². The van der Waals surface area contributed by atoms with E-state index in [1.165, 1.54) is 46.3 Å². The molecule has 4 aliphatic heterocycles. The highest BCUT2D eigenvalue weighted by Gasteiger charge is 2.49. The second kappa shape index (κ2) is 38.9. The maximum atomic E-state index is 14.4. The number of β-amino-alcohol motifs (C(OH)–C–C–N with tert-alkyl or cyclic N) is 1. The molecule has 4 saturated heterocycles. The van der Waals surface area contributed by atoms with E-state index in [9.17, 15) is 49.5 Å². The molecular weight excluding hydrogens is 1570 g/mol. The number of amides is 3. The van der Waals surface area contributed by atoms with Crippen molar-refractivity contribution in [1.29, 1.82) is 0 Å². The van der Waals surface area contributed by atoms with Crippen LogP contribution in [0, 0.1) is 17.8 Å². The Bertz CT molecular complexity index is 4680. The van der Waals surface area contributed by atoms with Crippen LogP contribution in [-0.4, -0.2) is 218 Å². The number of thiazole rings is 1. The molecule has 3 amide bonds. The van der Waals surface area contributed by atoms with E-state index in [2.05, 4.69) is 94.1 Å². The summed E-state index contributed by atoms with van der Waals surface area (Å²) < 4.78 is 105. The van der Waals surface area contributed by atoms with Gasteiger partial charge in [-0.3, -0.25) is 29.1 Å². The lowest BCUT2D eigenvalue weighted by Crippen LogP contribution is -2.56. The van der Waals surface area contributed by atoms with Gasteiger partial charge in [-0.1, -0.05) is 112 Å². The minimum atomic E-state index is -6.10. The van der Waals surface area contributed by atoms with Crippen molar-refractivity contribution in [3.8, 4) is 10.4 Å². The largest absolute Gasteiger partial charge is 0.501 e. The Morgan fingerprint density at radius 2 is 1.39 bits per heavy atom. The third-order valence-electron chi connectivity index (χ3n) is 22.8. The van der Waals surface area contributed by atoms with Crippen molar-refractivity contribution in [1.82, 2.24) is 39.9 Å². The summed E-state index contributed by atoms with van der Waals surface area (Å²) in [6, 6.07) is 41.2. The number of rotatable bonds is 33. The van der Waals surface area contributed by atoms with Gasteiger partial charge in [0.25, 0.3) is 25.8 Å². The molecular formula is C86H110ClF3N12O9S4. The molecule has 620 valence electrons. The SMILES string of the molecule is Cc1ncsc1-c1ccc([C@H](C)NC(=O)[C@@H]2C[C@@H](O)CN2C(=O)[C@@H](NCCCCCCNc2ccc(N3CCN(CC4(C)CCC(c5ccc(Cl)cc5)=C(CN5CCN(c6ccc(C(=O)NS(=O)(=O)c7ccc(N[C@H](CCN8CCOCC8)CSc8ccccc8)c(S(=O)(=O)C(F)(F)F)c7)cc6)CC5)C4)CC3)cc2)C(C)(C)C)cc1. The number of morpholine rings is 1. The van der Waals surface area contributed by atoms with Crippen LogP contribution in [0.2, 0.25) is 5.02 Å². The lowest BCUT2D eigenvalue weighted by atomic mass is 9.71. The standard InChI is InChI=1S/C86H110ClF3N12O9S4/c1-60(62-16-18-64(19-17-62)79-61(2)93-59-113-79)94-82(105)77-52-72(103)56-102(77)83(106)80(84(3,4)5)92-38-13-8-7-12-37-91-68-26-30-71(31-27-68)101-46-42-99(43-47-101)58-85(6)36-34-75(63-20-24-67(87)25-21-63)66(54-85)55-98-40-44-100(45-41-98)70-28-22-65(23-29-70)81(104)96-115(109,110)74-32-33-76(78(53-74)114(107,108)86(88,89)90)95-69(35-39-97-48-50-111-51-49-97)57-112-73-14-10-9-11-15-73/h9-11,14-33,53,59-60,69,72,77,80,91-92,95,103H,7-8,12-13,34-52,54-58H2,1-6H3,(H,94,105)(H,96,104)/t60-,69+,72+,77-,80+,85?/m0/s1. The number of unbranched alkanes of at least 4 members (excludes halogenated alkanes) is 3. The first-order valence-corrected chi connectivity index (χ1v) is 45.3. The summed E-state index contributed by atoms with van der Waals surface area (Å²) in [6.45, 7) is 25.6. The number of sulfone groups is 1. The average molecular weight is 1680 g/mol. The number of nitrogens with zero attached hydrogens (tertiary/aromatic N) is 7. The Labute approximate surface area is 689 Å². The van der Waals surface area contributed by atoms with E-state index in [1.54, 1.807) is 28.4 Å². The van der Waals surface area contributed by atoms with Crippen LogP contribution in [0.15, 0.2) is 171 Å². The summed E-state index contributed by atoms with van der Waals surface area (Å²) in [4.78, 5) is 59.7. The van der Waals surface area contributed by atoms with Crippen molar-refractivity contribution < 1.29 is 54.2 Å². The van der Waals surface area contributed by atoms with Crippen molar-refractivity contribution in [3.05, 3.63) is 184 Å². The number of allylic oxidation sites excluding steroid dienone is 1. The van der Waals surface area contributed by atoms with Crippen LogP contribution < -0.4 is 35.8 Å². The number of halogens is 4. The van der Waals surface area contributed by atoms with Gasteiger partial charge in [0.05, 0.1) is 58.1 Å². The maximum absolute atomic E-state index is 14.4. The van der Waals surface area contributed by atoms with E-state index in [1.807, 2.05) is 112 Å². The van der Waals surface area contributed by atoms with Crippen LogP contribution in [0.25, 0.3) is 16.0 Å². The highest BCUT2D eigenvalue weighted by molar-refractivity contribution is 7.99. The lowest BCUT2D eigenvalue weighted by molar-refractivity contribution is -0.142. The van der Waals surface area contributed by atoms with Gasteiger partial charge in [-0.15, -0.1) is 23.1 Å². The molecule has 21 nitrogen and oxygen atoms in total. The smallest absolute Gasteiger partial charge is 0.391 e. The van der Waals surface area contributed by atoms with Crippen LogP contribution in [0.4, 0.5) is 35.9 Å². The molecule has 6 N–H and O–H groups in total. The van der Waals surface area contributed by atoms with Crippen molar-refractivity contribution in [2.75, 3.05) is 144 Å². The Morgan fingerprint density at radius 3 is 2.03 bits per heavy atom. The van der Waals surface area contributed by atoms with Gasteiger partial charge in [0.1, 0.15) is 10.9 Å². The summed E-state index contributed by atoms with van der Waals surface area (Å²) in [6.07, 6.45) is 6.75. The number of aromatic nitrogens is 1. The molecule has 7 aromatic rings. The molecule has 0 spiro atoms. The fraction of sp³-hybridized carbons (Fsp3) is 0.488. The normalized spacial score (nSPS) is 19.9. The monoisotopic (exact) mass is 1670 g/mol. The van der Waals surface area contributed by atoms with Gasteiger partial charge in [0, 0.05) is 149 Å². The fourth-order valence-electron chi connectivity index (χ4n) is 16.2. The van der Waals surface area contributed by atoms with E-state index < -0.39 is 76.4 Å². The first-order valence-electron chi connectivity index (χ1n) is 40.1. The van der Waals surface area contributed by atoms with Gasteiger partial charge in [0.15, 0.2) is 0 Å². The molecule has 0 saturated carbocycles. The van der Waals surface area contributed by atoms with Gasteiger partial charge in [-0.05, 0) is 183 Å². The molecule has 1 unspecified atom stereocenters. The lowest BCUT2D eigenvalue weighted by Gasteiger charge is -2.44. The van der Waals surface area contributed by atoms with Gasteiger partial charge in [-0.25, -0.2) is 26.5 Å². The second-order valence-corrected chi connectivity index (χ2v) is 38.5. The highest BCUT2D eigenvalue weighted by atomic mass is 35.5. The zero-order chi connectivity index (χ0) is 81.7. The molecule has 1 aromatic heterocycles. The Morgan fingerprint density at radius 1 is 0.757 bits per heavy atom. The van der Waals surface area contributed by atoms with Crippen LogP contribution in [0.3, 0.4) is 0 Å². The molecule has 0 radical (unpaired) electrons. The number of sulfonamides is 1. The van der Waals surface area contributed by atoms with Gasteiger partial charge >= 0.3 is 5.51 Å². The Balaban J connectivity index is 0.575. The quantitative estimate of drug-likeness (QED) is 0.0165. The predicted molar refractivity (Wildman–Crippen MR) is 454 cm³/mol. The highest BCUT2D eigenvalue weighted by Crippen LogP contribution is 2.45. The van der Waals surface area contributed by atoms with E-state index in [0.717, 1.165) is 154 Å². The molecule has 0 bridgehead atoms. The van der Waals surface area contributed by atoms with Crippen molar-refractivity contribution >= 4 is 101 Å². The molecule has 115 heavy (non-hydrogen) atoms. The number of thioether (sulfide) groups is 1. The number of aryl methyl sites for hydroxylation is 1. The number of carbonyl (C=O) groups is 3. The van der Waals surface area contributed by atoms with E-state index >= 15 is 0 Å². The van der Waals surface area contributed by atoms with Crippen molar-refractivity contribution in [3.63, 3.8) is 0 Å². The zero-order valence-electron chi connectivity index (χ0n) is 66.6. The number of carbonyl (C=O) groups excluding carboxylic acids is 3. The summed E-state index contributed by atoms with van der Waals surface area (Å²) in [5.41, 5.74) is 5.41. The zero-order valence-corrected chi connectivity index (χ0v) is 70.6. The van der Waals surface area contributed by atoms with Crippen LogP contribution in [-0.2, 0) is 34.2 Å². The number of nitrogens with one attached hydrogen (secondary N) is 5. The molecule has 4 fully saturated rings. The maximum Gasteiger partial charge on any atom is 0.501 e. The number of benzene rings is 6. The minimum Gasteiger partial charge on any atom is -0.391 e. The molecule has 5 heterocycles. The third kappa shape index (κ3) is 23.0. The predicted octanol–water partition coefficient (Wildman–Crippen LogP) is 13.9. The third-order valence-corrected chi connectivity index (χ3v) is 28.1. The molecule has 5 aliphatic rings. The molecule has 12 rings (SSSR count). The number of piperazine rings is 2. The van der Waals surface area contributed by atoms with Crippen molar-refractivity contribution in [2.24, 2.45) is 10.8 Å². The van der Waals surface area contributed by atoms with Gasteiger partial charge < -0.3 is 45.8 Å². The fourth-order valence-corrected chi connectivity index (χ4v) is 20.2. The summed E-state index contributed by atoms with van der Waals surface area (Å²) in [7, 11) is -11.0. The van der Waals surface area contributed by atoms with Gasteiger partial charge in [-0.2, -0.15) is 13.2 Å². The number of aliphatic hydroxyl groups is 1. The Kier molecular flexibility index (Phi) is 29.3. The number of hydrogen-bond donors (Lipinski definition) is 6. The van der Waals surface area contributed by atoms with Gasteiger partial charge in [0.2, 0.25) is 11.8 Å². The molecule has 6 aromatic carbocycles. The number of likely N-dealkylation sites (tertiary alicyclic amines) is 1. The van der Waals surface area contributed by atoms with E-state index in [0.29, 0.717) is 75.7 Å². The van der Waals surface area contributed by atoms with E-state index in [4.69, 9.17) is 16.3 Å². The molecule has 1 aliphatic carbocycles. The number of anilines is 4. The number of ether oxygens (including phenoxy) is 1. The number of aliphatic hydroxyl groups excluding tert-OH is 1. The van der Waals surface area contributed by atoms with Crippen molar-refractivity contribution in [2.45, 2.75) is 150 Å². The van der Waals surface area contributed by atoms with Crippen LogP contribution in [0.1, 0.15) is 126 Å². The first-order chi connectivity index (χ1) is 55.0. The number of alkyl halides is 3.